The zero-order valence-electron chi connectivity index (χ0n) is 44.1. The number of nitrogens with zero attached hydrogens (tertiary/aromatic N) is 5. The zero-order valence-corrected chi connectivity index (χ0v) is 44.9. The van der Waals surface area contributed by atoms with Gasteiger partial charge in [-0.1, -0.05) is 50.2 Å². The summed E-state index contributed by atoms with van der Waals surface area (Å²) in [6.45, 7) is 12.0. The van der Waals surface area contributed by atoms with E-state index in [4.69, 9.17) is 14.2 Å². The quantitative estimate of drug-likeness (QED) is 0.0496. The minimum absolute atomic E-state index is 0.0348. The van der Waals surface area contributed by atoms with Gasteiger partial charge >= 0.3 is 0 Å². The topological polar surface area (TPSA) is 205 Å². The summed E-state index contributed by atoms with van der Waals surface area (Å²) in [7, 11) is -1.21. The van der Waals surface area contributed by atoms with Crippen LogP contribution < -0.4 is 29.1 Å². The Labute approximate surface area is 445 Å². The number of hydrogen-bond donors (Lipinski definition) is 4. The van der Waals surface area contributed by atoms with Crippen LogP contribution in [0.15, 0.2) is 108 Å². The van der Waals surface area contributed by atoms with Crippen molar-refractivity contribution in [3.05, 3.63) is 136 Å². The number of sulfonamides is 1. The van der Waals surface area contributed by atoms with Gasteiger partial charge < -0.3 is 34.5 Å². The minimum atomic E-state index is -4.60. The summed E-state index contributed by atoms with van der Waals surface area (Å²) in [5.41, 5.74) is 4.60. The Kier molecular flexibility index (Phi) is 15.1. The van der Waals surface area contributed by atoms with Gasteiger partial charge in [0, 0.05) is 92.9 Å². The van der Waals surface area contributed by atoms with Crippen molar-refractivity contribution in [2.45, 2.75) is 107 Å². The molecular weight excluding hydrogens is 985 g/mol. The number of hydrogen-bond acceptors (Lipinski definition) is 14. The van der Waals surface area contributed by atoms with Crippen LogP contribution in [-0.4, -0.2) is 109 Å². The Morgan fingerprint density at radius 2 is 1.70 bits per heavy atom. The first-order valence-electron chi connectivity index (χ1n) is 26.6. The highest BCUT2D eigenvalue weighted by Gasteiger charge is 2.50. The number of aliphatic hydroxyl groups is 1. The van der Waals surface area contributed by atoms with Crippen LogP contribution in [0.2, 0.25) is 0 Å². The SMILES string of the molecule is COc1cccc(CN2CCN(C3CC4(CCN(c5ccc(C(=O)NS(=O)(=O)c6ccc(NCC7CCC(C)(O)CC7)c([N+](=O)[O-])c6)c(Oc6cnc7[nH]ccc7c6)c5)CC4)C3)C(c3ccccc3C(C)C)C2)c1OC. The molecular formula is C58H70N8O9S. The van der Waals surface area contributed by atoms with Gasteiger partial charge in [-0.05, 0) is 129 Å². The van der Waals surface area contributed by atoms with Gasteiger partial charge in [-0.15, -0.1) is 0 Å². The van der Waals surface area contributed by atoms with Crippen LogP contribution in [-0.2, 0) is 16.6 Å². The van der Waals surface area contributed by atoms with Crippen molar-refractivity contribution in [1.29, 1.82) is 0 Å². The highest BCUT2D eigenvalue weighted by atomic mass is 32.2. The van der Waals surface area contributed by atoms with Crippen LogP contribution in [0.5, 0.6) is 23.0 Å². The van der Waals surface area contributed by atoms with Crippen LogP contribution in [0.25, 0.3) is 11.0 Å². The lowest BCUT2D eigenvalue weighted by Gasteiger charge is -2.58. The fourth-order valence-electron chi connectivity index (χ4n) is 12.2. The largest absolute Gasteiger partial charge is 0.493 e. The average Bonchev–Trinajstić information content (AvgIpc) is 3.88. The first-order chi connectivity index (χ1) is 36.5. The second kappa shape index (κ2) is 21.7. The van der Waals surface area contributed by atoms with Crippen molar-refractivity contribution < 1.29 is 37.5 Å². The molecule has 0 bridgehead atoms. The summed E-state index contributed by atoms with van der Waals surface area (Å²) in [6.07, 6.45) is 10.3. The number of fused-ring (bicyclic) bond motifs is 1. The van der Waals surface area contributed by atoms with Crippen molar-refractivity contribution in [1.82, 2.24) is 24.5 Å². The number of H-pyrrole nitrogens is 1. The molecule has 2 aliphatic carbocycles. The standard InChI is InChI=1S/C58H70N8O9S/c1-38(2)46-10-6-7-11-47(46)51-37-63(36-41-9-8-12-52(73-4)54(41)74-5)27-28-65(51)43-32-58(33-43)22-25-64(26-23-58)42-13-15-48(53(30-42)75-44-29-40-19-24-59-55(40)61-35-44)56(67)62-76(71,72)45-14-16-49(50(31-45)66(69)70)60-34-39-17-20-57(3,68)21-18-39/h6-16,19,24,29-31,35,38-39,43,51,60,68H,17-18,20-23,25-28,32-34,36-37H2,1-5H3,(H,59,61)(H,62,67). The second-order valence-electron chi connectivity index (χ2n) is 22.0. The van der Waals surface area contributed by atoms with E-state index in [0.717, 1.165) is 112 Å². The maximum atomic E-state index is 14.1. The van der Waals surface area contributed by atoms with E-state index in [2.05, 4.69) is 78.9 Å². The first-order valence-corrected chi connectivity index (χ1v) is 28.1. The van der Waals surface area contributed by atoms with Crippen LogP contribution in [0.1, 0.15) is 111 Å². The number of methoxy groups -OCH3 is 2. The predicted octanol–water partition coefficient (Wildman–Crippen LogP) is 10.2. The molecule has 2 aromatic heterocycles. The molecule has 17 nitrogen and oxygen atoms in total. The number of piperazine rings is 1. The lowest BCUT2D eigenvalue weighted by atomic mass is 9.59. The summed E-state index contributed by atoms with van der Waals surface area (Å²) in [6, 6.07) is 28.1. The maximum Gasteiger partial charge on any atom is 0.293 e. The van der Waals surface area contributed by atoms with Crippen molar-refractivity contribution >= 4 is 44.0 Å². The maximum absolute atomic E-state index is 14.1. The highest BCUT2D eigenvalue weighted by Crippen LogP contribution is 2.53. The van der Waals surface area contributed by atoms with E-state index >= 15 is 0 Å². The normalized spacial score (nSPS) is 21.3. The number of aromatic nitrogens is 2. The number of nitro benzene ring substituents is 1. The number of carbonyl (C=O) groups is 1. The monoisotopic (exact) mass is 1050 g/mol. The molecule has 4 aliphatic rings. The summed E-state index contributed by atoms with van der Waals surface area (Å²) in [5.74, 6) is 1.65. The number of aromatic amines is 1. The fourth-order valence-corrected chi connectivity index (χ4v) is 13.2. The molecule has 2 saturated heterocycles. The van der Waals surface area contributed by atoms with Crippen molar-refractivity contribution in [3.63, 3.8) is 0 Å². The van der Waals surface area contributed by atoms with Gasteiger partial charge in [-0.25, -0.2) is 18.1 Å². The summed E-state index contributed by atoms with van der Waals surface area (Å²) >= 11 is 0. The van der Waals surface area contributed by atoms with Crippen LogP contribution in [0.3, 0.4) is 0 Å². The molecule has 1 unspecified atom stereocenters. The number of piperidine rings is 1. The molecule has 1 atom stereocenters. The summed E-state index contributed by atoms with van der Waals surface area (Å²) in [4.78, 5) is 40.5. The molecule has 4 aromatic carbocycles. The molecule has 10 rings (SSSR count). The molecule has 4 fully saturated rings. The Bertz CT molecular complexity index is 3190. The molecule has 18 heteroatoms. The fraction of sp³-hybridized carbons (Fsp3) is 0.448. The Balaban J connectivity index is 0.834. The number of benzene rings is 4. The molecule has 76 heavy (non-hydrogen) atoms. The van der Waals surface area contributed by atoms with E-state index < -0.39 is 37.0 Å². The predicted molar refractivity (Wildman–Crippen MR) is 293 cm³/mol. The van der Waals surface area contributed by atoms with Crippen molar-refractivity contribution in [2.75, 3.05) is 63.7 Å². The Morgan fingerprint density at radius 3 is 2.43 bits per heavy atom. The molecule has 4 N–H and O–H groups in total. The van der Waals surface area contributed by atoms with E-state index in [1.54, 1.807) is 38.6 Å². The van der Waals surface area contributed by atoms with Crippen molar-refractivity contribution in [2.24, 2.45) is 11.3 Å². The lowest BCUT2D eigenvalue weighted by molar-refractivity contribution is -0.384. The van der Waals surface area contributed by atoms with Gasteiger partial charge in [0.05, 0.1) is 41.4 Å². The third kappa shape index (κ3) is 11.2. The zero-order chi connectivity index (χ0) is 53.4. The molecule has 2 saturated carbocycles. The first kappa shape index (κ1) is 52.7. The van der Waals surface area contributed by atoms with Crippen LogP contribution >= 0.6 is 0 Å². The number of ether oxygens (including phenoxy) is 3. The van der Waals surface area contributed by atoms with Crippen LogP contribution in [0.4, 0.5) is 17.1 Å². The molecule has 1 amide bonds. The van der Waals surface area contributed by atoms with E-state index in [1.807, 2.05) is 31.2 Å². The van der Waals surface area contributed by atoms with Gasteiger partial charge in [-0.2, -0.15) is 0 Å². The lowest BCUT2D eigenvalue weighted by Crippen LogP contribution is -2.60. The molecule has 6 aromatic rings. The van der Waals surface area contributed by atoms with Gasteiger partial charge in [0.25, 0.3) is 21.6 Å². The highest BCUT2D eigenvalue weighted by molar-refractivity contribution is 7.90. The number of para-hydroxylation sites is 1. The number of carbonyl (C=O) groups excluding carboxylic acids is 1. The number of rotatable bonds is 17. The van der Waals surface area contributed by atoms with Gasteiger partial charge in [0.1, 0.15) is 22.8 Å². The number of anilines is 2. The third-order valence-corrected chi connectivity index (χ3v) is 18.0. The minimum Gasteiger partial charge on any atom is -0.493 e. The molecule has 2 aliphatic heterocycles. The van der Waals surface area contributed by atoms with Gasteiger partial charge in [0.2, 0.25) is 0 Å². The smallest absolute Gasteiger partial charge is 0.293 e. The molecule has 4 heterocycles. The van der Waals surface area contributed by atoms with E-state index in [0.29, 0.717) is 42.7 Å². The molecule has 1 spiro atoms. The number of nitrogens with one attached hydrogen (secondary N) is 3. The average molecular weight is 1060 g/mol. The van der Waals surface area contributed by atoms with E-state index in [-0.39, 0.29) is 34.4 Å². The number of nitro groups is 1. The Morgan fingerprint density at radius 1 is 0.921 bits per heavy atom. The number of pyridine rings is 1. The second-order valence-corrected chi connectivity index (χ2v) is 23.7. The molecule has 402 valence electrons. The van der Waals surface area contributed by atoms with Gasteiger partial charge in [-0.3, -0.25) is 24.7 Å². The van der Waals surface area contributed by atoms with Gasteiger partial charge in [0.15, 0.2) is 11.5 Å². The van der Waals surface area contributed by atoms with Crippen LogP contribution in [0, 0.1) is 21.4 Å². The van der Waals surface area contributed by atoms with E-state index in [1.165, 1.54) is 29.5 Å². The molecule has 0 radical (unpaired) electrons. The Hall–Kier alpha value is -6.73. The van der Waals surface area contributed by atoms with Crippen molar-refractivity contribution in [3.8, 4) is 23.0 Å². The summed E-state index contributed by atoms with van der Waals surface area (Å²) < 4.78 is 47.8. The number of amides is 1. The third-order valence-electron chi connectivity index (χ3n) is 16.6. The van der Waals surface area contributed by atoms with E-state index in [9.17, 15) is 28.4 Å². The summed E-state index contributed by atoms with van der Waals surface area (Å²) in [5, 5.41) is 26.5.